The summed E-state index contributed by atoms with van der Waals surface area (Å²) in [6.07, 6.45) is -3.58. The summed E-state index contributed by atoms with van der Waals surface area (Å²) in [5.74, 6) is 1.59. The van der Waals surface area contributed by atoms with Gasteiger partial charge in [0.15, 0.2) is 5.96 Å². The Balaban J connectivity index is 1.95. The van der Waals surface area contributed by atoms with Crippen LogP contribution >= 0.6 is 0 Å². The van der Waals surface area contributed by atoms with E-state index >= 15 is 0 Å². The molecule has 0 amide bonds. The van der Waals surface area contributed by atoms with Crippen LogP contribution in [0.15, 0.2) is 21.5 Å². The van der Waals surface area contributed by atoms with E-state index in [1.165, 1.54) is 4.90 Å². The number of halogens is 3. The van der Waals surface area contributed by atoms with Gasteiger partial charge >= 0.3 is 6.18 Å². The third kappa shape index (κ3) is 6.21. The summed E-state index contributed by atoms with van der Waals surface area (Å²) in [7, 11) is 0. The molecule has 0 radical (unpaired) electrons. The number of hydrogen-bond acceptors (Lipinski definition) is 4. The van der Waals surface area contributed by atoms with E-state index in [1.54, 1.807) is 26.0 Å². The molecule has 3 N–H and O–H groups in total. The maximum atomic E-state index is 12.5. The number of likely N-dealkylation sites (tertiary alicyclic amines) is 1. The summed E-state index contributed by atoms with van der Waals surface area (Å²) >= 11 is 0. The van der Waals surface area contributed by atoms with Crippen molar-refractivity contribution in [1.29, 1.82) is 0 Å². The number of nitrogens with one attached hydrogen (secondary N) is 2. The molecule has 1 aliphatic rings. The minimum Gasteiger partial charge on any atom is -0.463 e. The van der Waals surface area contributed by atoms with Gasteiger partial charge in [-0.1, -0.05) is 0 Å². The summed E-state index contributed by atoms with van der Waals surface area (Å²) in [4.78, 5) is 5.76. The third-order valence-electron chi connectivity index (χ3n) is 4.18. The van der Waals surface area contributed by atoms with E-state index in [2.05, 4.69) is 15.6 Å². The van der Waals surface area contributed by atoms with E-state index in [-0.39, 0.29) is 12.6 Å². The molecule has 26 heavy (non-hydrogen) atoms. The van der Waals surface area contributed by atoms with Gasteiger partial charge < -0.3 is 20.2 Å². The molecule has 2 unspecified atom stereocenters. The first kappa shape index (κ1) is 20.6. The van der Waals surface area contributed by atoms with Crippen molar-refractivity contribution in [1.82, 2.24) is 15.5 Å². The first-order valence-electron chi connectivity index (χ1n) is 8.72. The zero-order valence-corrected chi connectivity index (χ0v) is 15.4. The number of rotatable bonds is 6. The number of aryl methyl sites for hydroxylation is 1. The minimum absolute atomic E-state index is 0.0638. The molecular weight excluding hydrogens is 349 g/mol. The second kappa shape index (κ2) is 8.30. The molecule has 1 aromatic heterocycles. The Morgan fingerprint density at radius 1 is 1.42 bits per heavy atom. The quantitative estimate of drug-likeness (QED) is 0.523. The average Bonchev–Trinajstić information content (AvgIpc) is 3.13. The van der Waals surface area contributed by atoms with Gasteiger partial charge in [-0.05, 0) is 39.3 Å². The largest absolute Gasteiger partial charge is 0.463 e. The lowest BCUT2D eigenvalue weighted by Crippen LogP contribution is -2.45. The molecule has 0 spiro atoms. The third-order valence-corrected chi connectivity index (χ3v) is 4.18. The number of aliphatic imine (C=N–C) groups is 1. The SMILES string of the molecule is CCNC(=NCC(C)(O)c1ccc(C)o1)NC1CCN(CC(F)(F)F)C1. The van der Waals surface area contributed by atoms with Crippen LogP contribution in [0.25, 0.3) is 0 Å². The van der Waals surface area contributed by atoms with Crippen LogP contribution in [0.2, 0.25) is 0 Å². The second-order valence-electron chi connectivity index (χ2n) is 6.86. The lowest BCUT2D eigenvalue weighted by molar-refractivity contribution is -0.143. The molecule has 0 aromatic carbocycles. The van der Waals surface area contributed by atoms with Gasteiger partial charge in [0.25, 0.3) is 0 Å². The van der Waals surface area contributed by atoms with Crippen molar-refractivity contribution >= 4 is 5.96 Å². The topological polar surface area (TPSA) is 73.0 Å². The maximum absolute atomic E-state index is 12.5. The Hall–Kier alpha value is -1.74. The number of nitrogens with zero attached hydrogens (tertiary/aromatic N) is 2. The molecule has 1 saturated heterocycles. The van der Waals surface area contributed by atoms with Crippen molar-refractivity contribution in [2.24, 2.45) is 4.99 Å². The predicted octanol–water partition coefficient (Wildman–Crippen LogP) is 1.99. The van der Waals surface area contributed by atoms with Gasteiger partial charge in [0.05, 0.1) is 13.1 Å². The van der Waals surface area contributed by atoms with Crippen LogP contribution < -0.4 is 10.6 Å². The van der Waals surface area contributed by atoms with Gasteiger partial charge in [-0.25, -0.2) is 4.99 Å². The standard InChI is InChI=1S/C17H27F3N4O2/c1-4-21-15(22-10-16(3,25)14-6-5-12(2)26-14)23-13-7-8-24(9-13)11-17(18,19)20/h5-6,13,25H,4,7-11H2,1-3H3,(H2,21,22,23). The molecule has 1 aromatic rings. The molecule has 0 bridgehead atoms. The number of furan rings is 1. The van der Waals surface area contributed by atoms with Gasteiger partial charge in [-0.3, -0.25) is 4.90 Å². The van der Waals surface area contributed by atoms with E-state index in [9.17, 15) is 18.3 Å². The Morgan fingerprint density at radius 3 is 2.73 bits per heavy atom. The van der Waals surface area contributed by atoms with E-state index in [0.717, 1.165) is 0 Å². The number of guanidine groups is 1. The smallest absolute Gasteiger partial charge is 0.401 e. The molecule has 2 heterocycles. The summed E-state index contributed by atoms with van der Waals surface area (Å²) in [5.41, 5.74) is -1.27. The average molecular weight is 376 g/mol. The number of aliphatic hydroxyl groups is 1. The highest BCUT2D eigenvalue weighted by molar-refractivity contribution is 5.80. The molecule has 2 atom stereocenters. The highest BCUT2D eigenvalue weighted by Crippen LogP contribution is 2.23. The molecule has 1 aliphatic heterocycles. The second-order valence-corrected chi connectivity index (χ2v) is 6.86. The molecular formula is C17H27F3N4O2. The highest BCUT2D eigenvalue weighted by atomic mass is 19.4. The first-order valence-corrected chi connectivity index (χ1v) is 8.72. The van der Waals surface area contributed by atoms with Crippen molar-refractivity contribution in [2.75, 3.05) is 32.7 Å². The van der Waals surface area contributed by atoms with E-state index in [0.29, 0.717) is 43.5 Å². The van der Waals surface area contributed by atoms with Crippen LogP contribution in [0.5, 0.6) is 0 Å². The van der Waals surface area contributed by atoms with E-state index in [4.69, 9.17) is 4.42 Å². The molecule has 148 valence electrons. The van der Waals surface area contributed by atoms with Gasteiger partial charge in [0.1, 0.15) is 17.1 Å². The van der Waals surface area contributed by atoms with Crippen molar-refractivity contribution < 1.29 is 22.7 Å². The Morgan fingerprint density at radius 2 is 2.15 bits per heavy atom. The molecule has 1 fully saturated rings. The fraction of sp³-hybridized carbons (Fsp3) is 0.706. The summed E-state index contributed by atoms with van der Waals surface area (Å²) in [6, 6.07) is 3.35. The summed E-state index contributed by atoms with van der Waals surface area (Å²) < 4.78 is 43.0. The number of alkyl halides is 3. The van der Waals surface area contributed by atoms with Crippen LogP contribution in [-0.2, 0) is 5.60 Å². The molecule has 2 rings (SSSR count). The van der Waals surface area contributed by atoms with Crippen LogP contribution in [0.1, 0.15) is 31.8 Å². The van der Waals surface area contributed by atoms with Crippen LogP contribution in [-0.4, -0.2) is 60.9 Å². The zero-order chi connectivity index (χ0) is 19.4. The summed E-state index contributed by atoms with van der Waals surface area (Å²) in [6.45, 7) is 5.76. The molecule has 9 heteroatoms. The van der Waals surface area contributed by atoms with Gasteiger partial charge in [-0.15, -0.1) is 0 Å². The summed E-state index contributed by atoms with van der Waals surface area (Å²) in [5, 5.41) is 16.8. The molecule has 0 saturated carbocycles. The minimum atomic E-state index is -4.19. The van der Waals surface area contributed by atoms with Crippen molar-refractivity contribution in [3.63, 3.8) is 0 Å². The van der Waals surface area contributed by atoms with Gasteiger partial charge in [-0.2, -0.15) is 13.2 Å². The zero-order valence-electron chi connectivity index (χ0n) is 15.4. The Labute approximate surface area is 151 Å². The van der Waals surface area contributed by atoms with Crippen molar-refractivity contribution in [2.45, 2.75) is 45.0 Å². The Kier molecular flexibility index (Phi) is 6.57. The highest BCUT2D eigenvalue weighted by Gasteiger charge is 2.34. The van der Waals surface area contributed by atoms with E-state index in [1.807, 2.05) is 6.92 Å². The Bertz CT molecular complexity index is 613. The lowest BCUT2D eigenvalue weighted by Gasteiger charge is -2.22. The fourth-order valence-corrected chi connectivity index (χ4v) is 2.90. The van der Waals surface area contributed by atoms with Gasteiger partial charge in [0.2, 0.25) is 0 Å². The first-order chi connectivity index (χ1) is 12.1. The van der Waals surface area contributed by atoms with Crippen LogP contribution in [0.4, 0.5) is 13.2 Å². The normalized spacial score (nSPS) is 21.7. The van der Waals surface area contributed by atoms with E-state index < -0.39 is 18.3 Å². The van der Waals surface area contributed by atoms with Crippen molar-refractivity contribution in [3.8, 4) is 0 Å². The maximum Gasteiger partial charge on any atom is 0.401 e. The molecule has 0 aliphatic carbocycles. The fourth-order valence-electron chi connectivity index (χ4n) is 2.90. The predicted molar refractivity (Wildman–Crippen MR) is 93.0 cm³/mol. The van der Waals surface area contributed by atoms with Crippen LogP contribution in [0.3, 0.4) is 0 Å². The monoisotopic (exact) mass is 376 g/mol. The van der Waals surface area contributed by atoms with Gasteiger partial charge in [0, 0.05) is 25.7 Å². The van der Waals surface area contributed by atoms with Crippen molar-refractivity contribution in [3.05, 3.63) is 23.7 Å². The lowest BCUT2D eigenvalue weighted by atomic mass is 10.0. The number of hydrogen-bond donors (Lipinski definition) is 3. The van der Waals surface area contributed by atoms with Crippen LogP contribution in [0, 0.1) is 6.92 Å². The molecule has 6 nitrogen and oxygen atoms in total.